The summed E-state index contributed by atoms with van der Waals surface area (Å²) in [6, 6.07) is 1.11. The highest BCUT2D eigenvalue weighted by atomic mass is 19.4. The number of ether oxygens (including phenoxy) is 1. The zero-order valence-corrected chi connectivity index (χ0v) is 8.89. The molecular weight excluding hydrogens is 263 g/mol. The summed E-state index contributed by atoms with van der Waals surface area (Å²) in [7, 11) is 0.868. The second-order valence-electron chi connectivity index (χ2n) is 3.29. The molecule has 1 aromatic carbocycles. The van der Waals surface area contributed by atoms with E-state index >= 15 is 0 Å². The van der Waals surface area contributed by atoms with Crippen molar-refractivity contribution in [1.82, 2.24) is 0 Å². The Morgan fingerprint density at radius 3 is 2.17 bits per heavy atom. The van der Waals surface area contributed by atoms with Crippen LogP contribution in [-0.4, -0.2) is 18.2 Å². The Balaban J connectivity index is 3.35. The third-order valence-corrected chi connectivity index (χ3v) is 2.14. The van der Waals surface area contributed by atoms with Crippen LogP contribution in [0.25, 0.3) is 0 Å². The largest absolute Gasteiger partial charge is 0.496 e. The molecule has 3 nitrogen and oxygen atoms in total. The molecule has 0 heterocycles. The molecule has 1 N–H and O–H groups in total. The standard InChI is InChI=1S/C10H7F5O3/c1-18-7-4-5(9(11,12)8(16)17)2-3-6(7)10(13,14)15/h2-4H,1H3,(H,16,17). The highest BCUT2D eigenvalue weighted by Crippen LogP contribution is 2.39. The van der Waals surface area contributed by atoms with Crippen molar-refractivity contribution in [2.75, 3.05) is 7.11 Å². The van der Waals surface area contributed by atoms with Crippen LogP contribution in [0.5, 0.6) is 5.75 Å². The number of alkyl halides is 5. The molecule has 0 aliphatic carbocycles. The molecule has 0 fully saturated rings. The number of benzene rings is 1. The molecule has 1 rings (SSSR count). The lowest BCUT2D eigenvalue weighted by Gasteiger charge is -2.16. The predicted octanol–water partition coefficient (Wildman–Crippen LogP) is 2.89. The van der Waals surface area contributed by atoms with Crippen molar-refractivity contribution >= 4 is 5.97 Å². The fraction of sp³-hybridized carbons (Fsp3) is 0.300. The van der Waals surface area contributed by atoms with Gasteiger partial charge in [0.05, 0.1) is 12.7 Å². The van der Waals surface area contributed by atoms with E-state index in [0.717, 1.165) is 7.11 Å². The number of carboxylic acid groups (broad SMARTS) is 1. The molecule has 18 heavy (non-hydrogen) atoms. The molecule has 0 amide bonds. The van der Waals surface area contributed by atoms with E-state index in [1.807, 2.05) is 0 Å². The lowest BCUT2D eigenvalue weighted by atomic mass is 10.0. The number of rotatable bonds is 3. The number of aliphatic carboxylic acids is 1. The Morgan fingerprint density at radius 1 is 1.22 bits per heavy atom. The zero-order chi connectivity index (χ0) is 14.1. The van der Waals surface area contributed by atoms with Crippen LogP contribution < -0.4 is 4.74 Å². The Labute approximate surface area is 97.8 Å². The first-order valence-corrected chi connectivity index (χ1v) is 4.47. The van der Waals surface area contributed by atoms with Gasteiger partial charge in [-0.05, 0) is 12.1 Å². The molecule has 100 valence electrons. The maximum Gasteiger partial charge on any atom is 0.419 e. The van der Waals surface area contributed by atoms with Gasteiger partial charge in [0.2, 0.25) is 0 Å². The minimum absolute atomic E-state index is 0.352. The Morgan fingerprint density at radius 2 is 1.78 bits per heavy atom. The number of hydrogen-bond acceptors (Lipinski definition) is 2. The Hall–Kier alpha value is -1.86. The highest BCUT2D eigenvalue weighted by molar-refractivity contribution is 5.77. The van der Waals surface area contributed by atoms with Crippen LogP contribution in [0.1, 0.15) is 11.1 Å². The van der Waals surface area contributed by atoms with E-state index in [0.29, 0.717) is 18.2 Å². The molecule has 0 aliphatic rings. The topological polar surface area (TPSA) is 46.5 Å². The minimum Gasteiger partial charge on any atom is -0.496 e. The monoisotopic (exact) mass is 270 g/mol. The van der Waals surface area contributed by atoms with Crippen LogP contribution in [0.2, 0.25) is 0 Å². The van der Waals surface area contributed by atoms with Gasteiger partial charge < -0.3 is 9.84 Å². The molecule has 1 aromatic rings. The van der Waals surface area contributed by atoms with Crippen LogP contribution in [0.4, 0.5) is 22.0 Å². The molecule has 0 atom stereocenters. The van der Waals surface area contributed by atoms with Crippen molar-refractivity contribution in [3.63, 3.8) is 0 Å². The average molecular weight is 270 g/mol. The van der Waals surface area contributed by atoms with Gasteiger partial charge in [0, 0.05) is 5.56 Å². The highest BCUT2D eigenvalue weighted by Gasteiger charge is 2.43. The summed E-state index contributed by atoms with van der Waals surface area (Å²) in [6.07, 6.45) is -4.78. The lowest BCUT2D eigenvalue weighted by Crippen LogP contribution is -2.25. The molecule has 0 aliphatic heterocycles. The van der Waals surface area contributed by atoms with Crippen molar-refractivity contribution in [3.05, 3.63) is 29.3 Å². The molecule has 0 aromatic heterocycles. The first-order valence-electron chi connectivity index (χ1n) is 4.47. The summed E-state index contributed by atoms with van der Waals surface area (Å²) in [4.78, 5) is 10.3. The molecule has 0 bridgehead atoms. The van der Waals surface area contributed by atoms with E-state index in [1.54, 1.807) is 0 Å². The number of halogens is 5. The van der Waals surface area contributed by atoms with Gasteiger partial charge >= 0.3 is 18.1 Å². The van der Waals surface area contributed by atoms with Crippen LogP contribution >= 0.6 is 0 Å². The van der Waals surface area contributed by atoms with Crippen molar-refractivity contribution in [2.24, 2.45) is 0 Å². The summed E-state index contributed by atoms with van der Waals surface area (Å²) >= 11 is 0. The van der Waals surface area contributed by atoms with Crippen LogP contribution in [0.15, 0.2) is 18.2 Å². The van der Waals surface area contributed by atoms with Crippen LogP contribution in [0, 0.1) is 0 Å². The lowest BCUT2D eigenvalue weighted by molar-refractivity contribution is -0.166. The maximum absolute atomic E-state index is 13.1. The van der Waals surface area contributed by atoms with Crippen molar-refractivity contribution in [3.8, 4) is 5.75 Å². The molecule has 0 saturated heterocycles. The molecular formula is C10H7F5O3. The van der Waals surface area contributed by atoms with Gasteiger partial charge in [-0.2, -0.15) is 22.0 Å². The van der Waals surface area contributed by atoms with Crippen molar-refractivity contribution < 1.29 is 36.6 Å². The third-order valence-electron chi connectivity index (χ3n) is 2.14. The number of carboxylic acids is 1. The number of hydrogen-bond donors (Lipinski definition) is 1. The van der Waals surface area contributed by atoms with E-state index in [-0.39, 0.29) is 0 Å². The third kappa shape index (κ3) is 2.52. The molecule has 0 radical (unpaired) electrons. The molecule has 0 unspecified atom stereocenters. The zero-order valence-electron chi connectivity index (χ0n) is 8.89. The molecule has 0 spiro atoms. The molecule has 8 heteroatoms. The van der Waals surface area contributed by atoms with Gasteiger partial charge in [-0.25, -0.2) is 4.79 Å². The summed E-state index contributed by atoms with van der Waals surface area (Å²) in [6.45, 7) is 0. The van der Waals surface area contributed by atoms with Crippen LogP contribution in [-0.2, 0) is 16.9 Å². The van der Waals surface area contributed by atoms with Gasteiger partial charge in [0.25, 0.3) is 0 Å². The normalized spacial score (nSPS) is 12.3. The maximum atomic E-state index is 13.1. The summed E-state index contributed by atoms with van der Waals surface area (Å²) in [5.41, 5.74) is -2.34. The van der Waals surface area contributed by atoms with Gasteiger partial charge in [-0.15, -0.1) is 0 Å². The minimum atomic E-state index is -4.78. The van der Waals surface area contributed by atoms with Gasteiger partial charge in [-0.3, -0.25) is 0 Å². The quantitative estimate of drug-likeness (QED) is 0.859. The van der Waals surface area contributed by atoms with E-state index in [4.69, 9.17) is 5.11 Å². The second kappa shape index (κ2) is 4.43. The van der Waals surface area contributed by atoms with Gasteiger partial charge in [-0.1, -0.05) is 6.07 Å². The van der Waals surface area contributed by atoms with Gasteiger partial charge in [0.15, 0.2) is 0 Å². The van der Waals surface area contributed by atoms with E-state index in [2.05, 4.69) is 4.74 Å². The Bertz CT molecular complexity index is 467. The predicted molar refractivity (Wildman–Crippen MR) is 49.5 cm³/mol. The van der Waals surface area contributed by atoms with Crippen molar-refractivity contribution in [1.29, 1.82) is 0 Å². The van der Waals surface area contributed by atoms with E-state index in [9.17, 15) is 26.7 Å². The summed E-state index contributed by atoms with van der Waals surface area (Å²) in [5.74, 6) is -7.59. The first kappa shape index (κ1) is 14.2. The summed E-state index contributed by atoms with van der Waals surface area (Å²) < 4.78 is 67.8. The average Bonchev–Trinajstić information content (AvgIpc) is 2.26. The van der Waals surface area contributed by atoms with Crippen molar-refractivity contribution in [2.45, 2.75) is 12.1 Å². The van der Waals surface area contributed by atoms with Gasteiger partial charge in [0.1, 0.15) is 5.75 Å². The summed E-state index contributed by atoms with van der Waals surface area (Å²) in [5, 5.41) is 8.27. The Kier molecular flexibility index (Phi) is 3.50. The number of carbonyl (C=O) groups is 1. The second-order valence-corrected chi connectivity index (χ2v) is 3.29. The van der Waals surface area contributed by atoms with E-state index < -0.39 is 34.9 Å². The smallest absolute Gasteiger partial charge is 0.419 e. The first-order chi connectivity index (χ1) is 8.10. The van der Waals surface area contributed by atoms with E-state index in [1.165, 1.54) is 0 Å². The number of methoxy groups -OCH3 is 1. The van der Waals surface area contributed by atoms with Crippen LogP contribution in [0.3, 0.4) is 0 Å². The SMILES string of the molecule is COc1cc(C(F)(F)C(=O)O)ccc1C(F)(F)F. The fourth-order valence-corrected chi connectivity index (χ4v) is 1.24. The fourth-order valence-electron chi connectivity index (χ4n) is 1.24. The molecule has 0 saturated carbocycles.